The van der Waals surface area contributed by atoms with E-state index in [0.717, 1.165) is 37.9 Å². The first-order valence-electron chi connectivity index (χ1n) is 22.2. The first-order chi connectivity index (χ1) is 34.5. The summed E-state index contributed by atoms with van der Waals surface area (Å²) in [6.07, 6.45) is -0.383. The third kappa shape index (κ3) is 17.5. The molecule has 0 heterocycles. The number of methoxy groups -OCH3 is 1. The van der Waals surface area contributed by atoms with Gasteiger partial charge in [0.2, 0.25) is 30.1 Å². The van der Waals surface area contributed by atoms with E-state index >= 15 is 4.39 Å². The Morgan fingerprint density at radius 2 is 1.05 bits per heavy atom. The Bertz CT molecular complexity index is 3400. The minimum Gasteiger partial charge on any atom is -0.481 e. The summed E-state index contributed by atoms with van der Waals surface area (Å²) in [4.78, 5) is 51.6. The molecule has 0 saturated heterocycles. The number of rotatable bonds is 17. The summed E-state index contributed by atoms with van der Waals surface area (Å²) < 4.78 is 134. The quantitative estimate of drug-likeness (QED) is 0.0912. The molecule has 0 aliphatic heterocycles. The Kier molecular flexibility index (Phi) is 24.6. The highest BCUT2D eigenvalue weighted by Crippen LogP contribution is 2.35. The van der Waals surface area contributed by atoms with Crippen molar-refractivity contribution in [1.82, 2.24) is 9.44 Å². The molecular formula is C49H59F2N5O15S4. The third-order valence-electron chi connectivity index (χ3n) is 10.9. The molecule has 0 unspecified atom stereocenters. The number of benzene rings is 4. The molecule has 0 aliphatic rings. The summed E-state index contributed by atoms with van der Waals surface area (Å²) in [6, 6.07) is 12.9. The predicted octanol–water partition coefficient (Wildman–Crippen LogP) is 5.76. The van der Waals surface area contributed by atoms with Gasteiger partial charge in [-0.3, -0.25) is 9.59 Å². The molecule has 0 saturated carbocycles. The fraction of sp³-hybridized carbons (Fsp3) is 0.388. The Labute approximate surface area is 436 Å². The van der Waals surface area contributed by atoms with Crippen molar-refractivity contribution in [3.63, 3.8) is 0 Å². The minimum absolute atomic E-state index is 0.0000926. The lowest BCUT2D eigenvalue weighted by Crippen LogP contribution is -2.23. The number of carboxylic acid groups (broad SMARTS) is 1. The highest BCUT2D eigenvalue weighted by atomic mass is 32.2. The van der Waals surface area contributed by atoms with Crippen LogP contribution in [0.25, 0.3) is 0 Å². The van der Waals surface area contributed by atoms with Crippen LogP contribution < -0.4 is 14.6 Å². The zero-order valence-electron chi connectivity index (χ0n) is 43.1. The lowest BCUT2D eigenvalue weighted by Gasteiger charge is -2.21. The molecule has 408 valence electrons. The first-order valence-corrected chi connectivity index (χ1v) is 28.4. The van der Waals surface area contributed by atoms with E-state index in [1.165, 1.54) is 44.3 Å². The number of hydrogen-bond donors (Lipinski definition) is 4. The van der Waals surface area contributed by atoms with Gasteiger partial charge in [0.15, 0.2) is 15.6 Å². The number of Topliss-reactive ketones (excluding diaryl/α,β-unsaturated/α-hetero) is 1. The standard InChI is InChI=1S/C25H29FN2O7S2.C15H18FNO2.C8H12N2O4S2.CO2/c1-14(2)19-9-16(12-27)24(26)23(15(3)4)20(19)10-17(29)13-36(31,32)22-8-7-18(37(33,34)28-5)11-21(22)25(30)35-6;1-8(2)11-5-10(7-17)15(16)14(9(3)4)12(11)6-13(18)19;1-6-5-7(16(13,14)10-2)3-4-8(6)15(9,11)12;2-1-3/h7-9,11,14-15,28H,10,13H2,1-6H3;5,8-9H,6H2,1-4H3,(H,18,19);3-5,10H,1-2H3,(H2,9,11,12);. The van der Waals surface area contributed by atoms with Crippen molar-refractivity contribution in [3.05, 3.63) is 116 Å². The zero-order valence-corrected chi connectivity index (χ0v) is 46.3. The molecule has 0 spiro atoms. The van der Waals surface area contributed by atoms with Crippen LogP contribution in [0.15, 0.2) is 68.1 Å². The second-order valence-electron chi connectivity index (χ2n) is 17.4. The predicted molar refractivity (Wildman–Crippen MR) is 269 cm³/mol. The molecule has 4 aromatic carbocycles. The number of halogens is 2. The molecule has 5 N–H and O–H groups in total. The number of ketones is 1. The molecule has 0 amide bonds. The van der Waals surface area contributed by atoms with Crippen LogP contribution in [0.2, 0.25) is 0 Å². The van der Waals surface area contributed by atoms with Crippen LogP contribution in [0.4, 0.5) is 8.78 Å². The van der Waals surface area contributed by atoms with Gasteiger partial charge >= 0.3 is 18.1 Å². The molecule has 4 aromatic rings. The van der Waals surface area contributed by atoms with E-state index in [4.69, 9.17) is 25.1 Å². The lowest BCUT2D eigenvalue weighted by molar-refractivity contribution is -0.191. The average molecular weight is 1120 g/mol. The summed E-state index contributed by atoms with van der Waals surface area (Å²) in [5.74, 6) is -5.91. The molecule has 75 heavy (non-hydrogen) atoms. The number of primary sulfonamides is 1. The molecule has 20 nitrogen and oxygen atoms in total. The maximum absolute atomic E-state index is 15.1. The zero-order chi connectivity index (χ0) is 58.3. The summed E-state index contributed by atoms with van der Waals surface area (Å²) in [6.45, 7) is 15.9. The maximum atomic E-state index is 15.1. The van der Waals surface area contributed by atoms with Crippen molar-refractivity contribution in [2.24, 2.45) is 5.14 Å². The van der Waals surface area contributed by atoms with Gasteiger partial charge in [-0.1, -0.05) is 55.4 Å². The number of aliphatic carboxylic acids is 1. The number of ether oxygens (including phenoxy) is 1. The van der Waals surface area contributed by atoms with Crippen molar-refractivity contribution >= 4 is 63.8 Å². The molecule has 0 radical (unpaired) electrons. The second kappa shape index (κ2) is 27.8. The van der Waals surface area contributed by atoms with Gasteiger partial charge in [0, 0.05) is 6.42 Å². The number of nitrogens with two attached hydrogens (primary N) is 1. The van der Waals surface area contributed by atoms with E-state index in [-0.39, 0.29) is 61.7 Å². The highest BCUT2D eigenvalue weighted by Gasteiger charge is 2.31. The van der Waals surface area contributed by atoms with Crippen LogP contribution in [0.3, 0.4) is 0 Å². The SMILES string of the molecule is CC(C)c1cc(C#N)c(F)c(C(C)C)c1CC(=O)O.CNS(=O)(=O)c1ccc(S(=O)(=O)CC(=O)Cc2c(C(C)C)cc(C#N)c(F)c2C(C)C)c(C(=O)OC)c1.CNS(=O)(=O)c1ccc(S(N)(=O)=O)c(C)c1.O=C=O. The summed E-state index contributed by atoms with van der Waals surface area (Å²) in [7, 11) is -12.4. The van der Waals surface area contributed by atoms with Gasteiger partial charge in [-0.15, -0.1) is 0 Å². The van der Waals surface area contributed by atoms with Gasteiger partial charge in [-0.05, 0) is 132 Å². The van der Waals surface area contributed by atoms with E-state index in [1.807, 2.05) is 39.8 Å². The molecular weight excluding hydrogens is 1060 g/mol. The molecule has 4 rings (SSSR count). The van der Waals surface area contributed by atoms with Gasteiger partial charge in [0.1, 0.15) is 29.5 Å². The van der Waals surface area contributed by atoms with Gasteiger partial charge in [0.05, 0.1) is 49.8 Å². The van der Waals surface area contributed by atoms with Gasteiger partial charge in [0.25, 0.3) is 0 Å². The van der Waals surface area contributed by atoms with Crippen LogP contribution in [0, 0.1) is 41.2 Å². The number of sulfone groups is 1. The molecule has 0 fully saturated rings. The maximum Gasteiger partial charge on any atom is 0.373 e. The summed E-state index contributed by atoms with van der Waals surface area (Å²) in [5.41, 5.74) is 2.24. The van der Waals surface area contributed by atoms with E-state index in [2.05, 4.69) is 14.2 Å². The number of carbonyl (C=O) groups is 3. The van der Waals surface area contributed by atoms with Crippen LogP contribution in [0.5, 0.6) is 0 Å². The fourth-order valence-electron chi connectivity index (χ4n) is 7.52. The van der Waals surface area contributed by atoms with Gasteiger partial charge < -0.3 is 9.84 Å². The Hall–Kier alpha value is -6.61. The first kappa shape index (κ1) is 66.4. The van der Waals surface area contributed by atoms with Crippen molar-refractivity contribution < 1.29 is 76.3 Å². The largest absolute Gasteiger partial charge is 0.481 e. The number of hydrogen-bond acceptors (Lipinski definition) is 16. The topological polar surface area (TPSA) is 349 Å². The van der Waals surface area contributed by atoms with Crippen LogP contribution in [0.1, 0.15) is 139 Å². The van der Waals surface area contributed by atoms with Crippen molar-refractivity contribution in [3.8, 4) is 12.1 Å². The molecule has 0 bridgehead atoms. The second-order valence-corrected chi connectivity index (χ2v) is 24.7. The number of nitriles is 2. The van der Waals surface area contributed by atoms with Crippen LogP contribution in [-0.2, 0) is 76.7 Å². The van der Waals surface area contributed by atoms with Crippen LogP contribution in [-0.4, -0.2) is 89.6 Å². The van der Waals surface area contributed by atoms with E-state index in [9.17, 15) is 57.7 Å². The number of aryl methyl sites for hydroxylation is 1. The highest BCUT2D eigenvalue weighted by molar-refractivity contribution is 7.92. The summed E-state index contributed by atoms with van der Waals surface area (Å²) in [5, 5.41) is 32.3. The third-order valence-corrected chi connectivity index (χ3v) is 16.5. The number of nitrogens with one attached hydrogen (secondary N) is 2. The number of nitrogens with zero attached hydrogens (tertiary/aromatic N) is 2. The molecule has 0 aromatic heterocycles. The molecule has 26 heteroatoms. The lowest BCUT2D eigenvalue weighted by atomic mass is 9.84. The minimum atomic E-state index is -4.44. The Morgan fingerprint density at radius 1 is 0.667 bits per heavy atom. The van der Waals surface area contributed by atoms with Gasteiger partial charge in [-0.25, -0.2) is 61.8 Å². The van der Waals surface area contributed by atoms with E-state index in [1.54, 1.807) is 27.7 Å². The smallest absolute Gasteiger partial charge is 0.373 e. The number of sulfonamides is 3. The summed E-state index contributed by atoms with van der Waals surface area (Å²) >= 11 is 0. The normalized spacial score (nSPS) is 11.5. The van der Waals surface area contributed by atoms with Gasteiger partial charge in [-0.2, -0.15) is 20.1 Å². The van der Waals surface area contributed by atoms with Crippen molar-refractivity contribution in [2.45, 2.75) is 118 Å². The average Bonchev–Trinajstić information content (AvgIpc) is 3.30. The Balaban J connectivity index is 0.000000614. The van der Waals surface area contributed by atoms with E-state index < -0.39 is 97.8 Å². The van der Waals surface area contributed by atoms with Crippen molar-refractivity contribution in [2.75, 3.05) is 27.0 Å². The van der Waals surface area contributed by atoms with E-state index in [0.29, 0.717) is 27.8 Å². The molecule has 0 aliphatic carbocycles. The number of esters is 1. The molecule has 0 atom stereocenters. The Morgan fingerprint density at radius 3 is 1.37 bits per heavy atom. The fourth-order valence-corrected chi connectivity index (χ4v) is 11.3. The number of carbonyl (C=O) groups excluding carboxylic acids is 4. The number of carboxylic acids is 1. The monoisotopic (exact) mass is 1120 g/mol. The van der Waals surface area contributed by atoms with Crippen molar-refractivity contribution in [1.29, 1.82) is 10.5 Å². The van der Waals surface area contributed by atoms with Crippen LogP contribution >= 0.6 is 0 Å².